The van der Waals surface area contributed by atoms with Crippen LogP contribution >= 0.6 is 0 Å². The molecule has 2 aromatic carbocycles. The number of benzene rings is 2. The van der Waals surface area contributed by atoms with Gasteiger partial charge in [0.15, 0.2) is 0 Å². The van der Waals surface area contributed by atoms with E-state index in [2.05, 4.69) is 20.6 Å². The maximum absolute atomic E-state index is 13.3. The minimum atomic E-state index is 0.0194. The van der Waals surface area contributed by atoms with Gasteiger partial charge in [0.05, 0.1) is 11.0 Å². The first-order valence-corrected chi connectivity index (χ1v) is 13.2. The maximum Gasteiger partial charge on any atom is 0.253 e. The van der Waals surface area contributed by atoms with Gasteiger partial charge < -0.3 is 20.4 Å². The van der Waals surface area contributed by atoms with Crippen molar-refractivity contribution >= 4 is 33.6 Å². The molecule has 2 amide bonds. The first-order chi connectivity index (χ1) is 18.5. The van der Waals surface area contributed by atoms with Crippen LogP contribution < -0.4 is 10.6 Å². The van der Waals surface area contributed by atoms with Crippen LogP contribution in [0.5, 0.6) is 0 Å². The minimum absolute atomic E-state index is 0.0194. The summed E-state index contributed by atoms with van der Waals surface area (Å²) >= 11 is 0. The number of carbonyl (C=O) groups is 2. The number of aromatic nitrogens is 2. The van der Waals surface area contributed by atoms with E-state index in [0.717, 1.165) is 33.2 Å². The fourth-order valence-electron chi connectivity index (χ4n) is 4.82. The molecule has 38 heavy (non-hydrogen) atoms. The molecule has 1 saturated heterocycles. The summed E-state index contributed by atoms with van der Waals surface area (Å²) in [7, 11) is 0. The Morgan fingerprint density at radius 1 is 0.605 bits per heavy atom. The fraction of sp³-hybridized carbons (Fsp3) is 0.333. The number of amides is 2. The van der Waals surface area contributed by atoms with Crippen molar-refractivity contribution in [1.29, 1.82) is 0 Å². The van der Waals surface area contributed by atoms with Gasteiger partial charge in [-0.05, 0) is 62.4 Å². The van der Waals surface area contributed by atoms with Crippen molar-refractivity contribution in [2.75, 3.05) is 52.4 Å². The van der Waals surface area contributed by atoms with Gasteiger partial charge in [0.2, 0.25) is 0 Å². The Bertz CT molecular complexity index is 1350. The lowest BCUT2D eigenvalue weighted by molar-refractivity contribution is 0.0743. The van der Waals surface area contributed by atoms with E-state index >= 15 is 0 Å². The molecule has 2 N–H and O–H groups in total. The van der Waals surface area contributed by atoms with Crippen LogP contribution in [0, 0.1) is 13.8 Å². The summed E-state index contributed by atoms with van der Waals surface area (Å²) in [5.74, 6) is 0.0388. The van der Waals surface area contributed by atoms with Crippen molar-refractivity contribution in [3.05, 3.63) is 83.2 Å². The number of nitrogens with one attached hydrogen (secondary N) is 2. The Kier molecular flexibility index (Phi) is 7.91. The number of carbonyl (C=O) groups excluding carboxylic acids is 2. The molecule has 0 aliphatic carbocycles. The fourth-order valence-corrected chi connectivity index (χ4v) is 4.82. The van der Waals surface area contributed by atoms with Crippen molar-refractivity contribution in [3.63, 3.8) is 0 Å². The second kappa shape index (κ2) is 11.7. The molecule has 0 unspecified atom stereocenters. The van der Waals surface area contributed by atoms with E-state index in [1.54, 1.807) is 0 Å². The zero-order valence-electron chi connectivity index (χ0n) is 22.0. The van der Waals surface area contributed by atoms with Crippen molar-refractivity contribution in [2.45, 2.75) is 13.8 Å². The Hall–Kier alpha value is -3.88. The zero-order chi connectivity index (χ0) is 26.5. The minimum Gasteiger partial charge on any atom is -0.336 e. The average Bonchev–Trinajstić information content (AvgIpc) is 2.92. The summed E-state index contributed by atoms with van der Waals surface area (Å²) in [4.78, 5) is 39.5. The number of rotatable bonds is 2. The molecule has 0 saturated carbocycles. The van der Waals surface area contributed by atoms with Crippen LogP contribution in [0.2, 0.25) is 0 Å². The Labute approximate surface area is 223 Å². The molecule has 5 rings (SSSR count). The van der Waals surface area contributed by atoms with E-state index in [1.165, 1.54) is 0 Å². The largest absolute Gasteiger partial charge is 0.336 e. The van der Waals surface area contributed by atoms with Crippen LogP contribution in [-0.4, -0.2) is 83.9 Å². The number of fused-ring (bicyclic) bond motifs is 2. The standard InChI is InChI=1S/C30H34N6O2/c1-21-3-5-23-19-25(7-9-27(23)33-21)29(37)35-15-11-31-13-17-36(18-14-32-12-16-35)30(38)26-8-10-28-24(20-26)6-4-22(2)34-28/h3-10,19-20,31-32H,11-18H2,1-2H3. The summed E-state index contributed by atoms with van der Waals surface area (Å²) < 4.78 is 0. The molecule has 196 valence electrons. The van der Waals surface area contributed by atoms with Gasteiger partial charge in [-0.15, -0.1) is 0 Å². The molecular weight excluding hydrogens is 476 g/mol. The lowest BCUT2D eigenvalue weighted by Crippen LogP contribution is -2.46. The first kappa shape index (κ1) is 25.8. The van der Waals surface area contributed by atoms with Crippen molar-refractivity contribution in [1.82, 2.24) is 30.4 Å². The molecule has 0 radical (unpaired) electrons. The van der Waals surface area contributed by atoms with E-state index in [1.807, 2.05) is 84.3 Å². The Morgan fingerprint density at radius 3 is 1.39 bits per heavy atom. The highest BCUT2D eigenvalue weighted by atomic mass is 16.2. The van der Waals surface area contributed by atoms with Gasteiger partial charge in [-0.2, -0.15) is 0 Å². The monoisotopic (exact) mass is 510 g/mol. The second-order valence-electron chi connectivity index (χ2n) is 9.80. The summed E-state index contributed by atoms with van der Waals surface area (Å²) in [6.07, 6.45) is 0. The maximum atomic E-state index is 13.3. The molecule has 0 atom stereocenters. The van der Waals surface area contributed by atoms with Crippen LogP contribution in [0.3, 0.4) is 0 Å². The quantitative estimate of drug-likeness (QED) is 0.431. The molecule has 0 spiro atoms. The molecule has 8 heteroatoms. The first-order valence-electron chi connectivity index (χ1n) is 13.2. The van der Waals surface area contributed by atoms with E-state index in [-0.39, 0.29) is 11.8 Å². The lowest BCUT2D eigenvalue weighted by atomic mass is 10.1. The molecule has 3 heterocycles. The van der Waals surface area contributed by atoms with E-state index in [9.17, 15) is 9.59 Å². The van der Waals surface area contributed by atoms with Crippen molar-refractivity contribution in [3.8, 4) is 0 Å². The Balaban J connectivity index is 1.21. The third kappa shape index (κ3) is 5.98. The number of nitrogens with zero attached hydrogens (tertiary/aromatic N) is 4. The van der Waals surface area contributed by atoms with E-state index in [0.29, 0.717) is 63.5 Å². The summed E-state index contributed by atoms with van der Waals surface area (Å²) in [6.45, 7) is 8.92. The lowest BCUT2D eigenvalue weighted by Gasteiger charge is -2.27. The highest BCUT2D eigenvalue weighted by Crippen LogP contribution is 2.18. The van der Waals surface area contributed by atoms with Gasteiger partial charge in [0, 0.05) is 85.6 Å². The smallest absolute Gasteiger partial charge is 0.253 e. The van der Waals surface area contributed by atoms with Crippen molar-refractivity contribution in [2.24, 2.45) is 0 Å². The van der Waals surface area contributed by atoms with Crippen LogP contribution in [0.1, 0.15) is 32.1 Å². The van der Waals surface area contributed by atoms with E-state index < -0.39 is 0 Å². The van der Waals surface area contributed by atoms with Gasteiger partial charge in [-0.1, -0.05) is 12.1 Å². The molecule has 1 aliphatic rings. The van der Waals surface area contributed by atoms with Crippen LogP contribution in [0.25, 0.3) is 21.8 Å². The number of hydrogen-bond donors (Lipinski definition) is 2. The predicted octanol–water partition coefficient (Wildman–Crippen LogP) is 3.18. The molecular formula is C30H34N6O2. The molecule has 4 aromatic rings. The highest BCUT2D eigenvalue weighted by molar-refractivity contribution is 5.98. The molecule has 1 fully saturated rings. The van der Waals surface area contributed by atoms with Crippen LogP contribution in [0.4, 0.5) is 0 Å². The van der Waals surface area contributed by atoms with Gasteiger partial charge >= 0.3 is 0 Å². The van der Waals surface area contributed by atoms with Gasteiger partial charge in [0.1, 0.15) is 0 Å². The normalized spacial score (nSPS) is 15.7. The van der Waals surface area contributed by atoms with Gasteiger partial charge in [-0.3, -0.25) is 19.6 Å². The highest BCUT2D eigenvalue weighted by Gasteiger charge is 2.19. The Morgan fingerprint density at radius 2 is 1.00 bits per heavy atom. The van der Waals surface area contributed by atoms with Gasteiger partial charge in [0.25, 0.3) is 11.8 Å². The zero-order valence-corrected chi connectivity index (χ0v) is 22.0. The van der Waals surface area contributed by atoms with Gasteiger partial charge in [-0.25, -0.2) is 0 Å². The van der Waals surface area contributed by atoms with Crippen LogP contribution in [-0.2, 0) is 0 Å². The molecule has 1 aliphatic heterocycles. The summed E-state index contributed by atoms with van der Waals surface area (Å²) in [5.41, 5.74) is 5.06. The average molecular weight is 511 g/mol. The molecule has 8 nitrogen and oxygen atoms in total. The number of hydrogen-bond acceptors (Lipinski definition) is 6. The third-order valence-electron chi connectivity index (χ3n) is 6.96. The number of pyridine rings is 2. The second-order valence-corrected chi connectivity index (χ2v) is 9.80. The topological polar surface area (TPSA) is 90.5 Å². The van der Waals surface area contributed by atoms with Crippen LogP contribution in [0.15, 0.2) is 60.7 Å². The molecule has 2 aromatic heterocycles. The van der Waals surface area contributed by atoms with Crippen molar-refractivity contribution < 1.29 is 9.59 Å². The SMILES string of the molecule is Cc1ccc2cc(C(=O)N3CCNCCN(C(=O)c4ccc5nc(C)ccc5c4)CCNCC3)ccc2n1. The predicted molar refractivity (Wildman–Crippen MR) is 151 cm³/mol. The molecule has 0 bridgehead atoms. The number of aryl methyl sites for hydroxylation is 2. The third-order valence-corrected chi connectivity index (χ3v) is 6.96. The summed E-state index contributed by atoms with van der Waals surface area (Å²) in [6, 6.07) is 19.4. The van der Waals surface area contributed by atoms with E-state index in [4.69, 9.17) is 0 Å². The summed E-state index contributed by atoms with van der Waals surface area (Å²) in [5, 5.41) is 8.77.